The molecule has 0 saturated heterocycles. The van der Waals surface area contributed by atoms with E-state index in [-0.39, 0.29) is 6.61 Å². The molecule has 1 heterocycles. The first kappa shape index (κ1) is 16.6. The second kappa shape index (κ2) is 8.66. The van der Waals surface area contributed by atoms with Gasteiger partial charge < -0.3 is 14.6 Å². The summed E-state index contributed by atoms with van der Waals surface area (Å²) in [6.07, 6.45) is 3.09. The summed E-state index contributed by atoms with van der Waals surface area (Å²) in [5.41, 5.74) is 1.59. The molecule has 0 amide bonds. The Morgan fingerprint density at radius 3 is 2.82 bits per heavy atom. The summed E-state index contributed by atoms with van der Waals surface area (Å²) in [5, 5.41) is 9.15. The third-order valence-corrected chi connectivity index (χ3v) is 3.76. The Hall–Kier alpha value is -1.72. The van der Waals surface area contributed by atoms with E-state index < -0.39 is 0 Å². The van der Waals surface area contributed by atoms with Crippen LogP contribution in [0.1, 0.15) is 17.7 Å². The number of benzene rings is 1. The summed E-state index contributed by atoms with van der Waals surface area (Å²) in [6.45, 7) is 2.56. The Labute approximate surface area is 135 Å². The summed E-state index contributed by atoms with van der Waals surface area (Å²) >= 11 is 1.81. The highest BCUT2D eigenvalue weighted by Gasteiger charge is 2.06. The highest BCUT2D eigenvalue weighted by atomic mass is 32.2. The van der Waals surface area contributed by atoms with Gasteiger partial charge in [0.1, 0.15) is 11.5 Å². The molecule has 0 aliphatic carbocycles. The van der Waals surface area contributed by atoms with Crippen LogP contribution in [-0.4, -0.2) is 28.7 Å². The number of aliphatic hydroxyl groups excluding tert-OH is 1. The minimum absolute atomic E-state index is 0.00272. The first-order valence-corrected chi connectivity index (χ1v) is 8.59. The molecule has 0 atom stereocenters. The van der Waals surface area contributed by atoms with Gasteiger partial charge in [-0.1, -0.05) is 12.1 Å². The largest absolute Gasteiger partial charge is 0.478 e. The number of pyridine rings is 1. The van der Waals surface area contributed by atoms with Gasteiger partial charge in [0.2, 0.25) is 5.88 Å². The third kappa shape index (κ3) is 4.93. The Balaban J connectivity index is 1.99. The molecule has 1 aromatic heterocycles. The van der Waals surface area contributed by atoms with E-state index >= 15 is 0 Å². The molecule has 2 aromatic rings. The minimum atomic E-state index is -0.00272. The van der Waals surface area contributed by atoms with E-state index in [4.69, 9.17) is 14.6 Å². The van der Waals surface area contributed by atoms with E-state index in [0.29, 0.717) is 24.0 Å². The molecule has 1 N–H and O–H groups in total. The molecule has 4 nitrogen and oxygen atoms in total. The van der Waals surface area contributed by atoms with Crippen LogP contribution in [-0.2, 0) is 6.61 Å². The smallest absolute Gasteiger partial charge is 0.213 e. The zero-order chi connectivity index (χ0) is 15.8. The summed E-state index contributed by atoms with van der Waals surface area (Å²) in [7, 11) is 0. The van der Waals surface area contributed by atoms with E-state index in [1.165, 1.54) is 0 Å². The Kier molecular flexibility index (Phi) is 6.55. The number of ether oxygens (including phenoxy) is 2. The summed E-state index contributed by atoms with van der Waals surface area (Å²) in [6, 6.07) is 11.0. The highest BCUT2D eigenvalue weighted by molar-refractivity contribution is 7.98. The second-order valence-electron chi connectivity index (χ2n) is 4.84. The third-order valence-electron chi connectivity index (χ3n) is 3.06. The fourth-order valence-corrected chi connectivity index (χ4v) is 2.33. The number of nitrogens with zero attached hydrogens (tertiary/aromatic N) is 1. The lowest BCUT2D eigenvalue weighted by molar-refractivity contribution is 0.281. The van der Waals surface area contributed by atoms with Crippen molar-refractivity contribution in [3.05, 3.63) is 47.7 Å². The topological polar surface area (TPSA) is 51.6 Å². The van der Waals surface area contributed by atoms with Crippen molar-refractivity contribution < 1.29 is 14.6 Å². The number of aromatic nitrogens is 1. The van der Waals surface area contributed by atoms with Gasteiger partial charge in [-0.3, -0.25) is 0 Å². The second-order valence-corrected chi connectivity index (χ2v) is 5.82. The van der Waals surface area contributed by atoms with Crippen LogP contribution in [0, 0.1) is 6.92 Å². The molecule has 0 radical (unpaired) electrons. The van der Waals surface area contributed by atoms with Crippen molar-refractivity contribution >= 4 is 11.8 Å². The Morgan fingerprint density at radius 1 is 1.23 bits per heavy atom. The van der Waals surface area contributed by atoms with Gasteiger partial charge in [0.15, 0.2) is 0 Å². The fourth-order valence-electron chi connectivity index (χ4n) is 1.93. The van der Waals surface area contributed by atoms with Crippen molar-refractivity contribution in [1.29, 1.82) is 0 Å². The number of thioether (sulfide) groups is 1. The number of rotatable bonds is 8. The van der Waals surface area contributed by atoms with Gasteiger partial charge in [0.05, 0.1) is 18.9 Å². The van der Waals surface area contributed by atoms with Gasteiger partial charge in [0, 0.05) is 6.07 Å². The summed E-state index contributed by atoms with van der Waals surface area (Å²) in [5.74, 6) is 3.08. The predicted octanol–water partition coefficient (Wildman–Crippen LogP) is 3.81. The Bertz CT molecular complexity index is 604. The molecular weight excluding hydrogens is 298 g/mol. The molecule has 0 spiro atoms. The fraction of sp³-hybridized carbons (Fsp3) is 0.353. The van der Waals surface area contributed by atoms with Crippen LogP contribution < -0.4 is 9.47 Å². The van der Waals surface area contributed by atoms with Crippen LogP contribution >= 0.6 is 11.8 Å². The van der Waals surface area contributed by atoms with Gasteiger partial charge in [-0.15, -0.1) is 0 Å². The number of aryl methyl sites for hydroxylation is 1. The summed E-state index contributed by atoms with van der Waals surface area (Å²) < 4.78 is 11.4. The standard InChI is InChI=1S/C17H21NO3S/c1-13-16(21-15-6-3-5-14(11-15)12-19)7-8-17(18-13)20-9-4-10-22-2/h3,5-8,11,19H,4,9-10,12H2,1-2H3. The Morgan fingerprint density at radius 2 is 2.09 bits per heavy atom. The molecule has 0 unspecified atom stereocenters. The van der Waals surface area contributed by atoms with Crippen molar-refractivity contribution in [2.45, 2.75) is 20.0 Å². The van der Waals surface area contributed by atoms with Crippen LogP contribution in [0.5, 0.6) is 17.4 Å². The molecule has 5 heteroatoms. The lowest BCUT2D eigenvalue weighted by Gasteiger charge is -2.11. The van der Waals surface area contributed by atoms with Crippen LogP contribution in [0.15, 0.2) is 36.4 Å². The van der Waals surface area contributed by atoms with E-state index in [9.17, 15) is 0 Å². The van der Waals surface area contributed by atoms with Gasteiger partial charge in [-0.2, -0.15) is 11.8 Å². The number of hydrogen-bond donors (Lipinski definition) is 1. The van der Waals surface area contributed by atoms with Crippen LogP contribution in [0.2, 0.25) is 0 Å². The van der Waals surface area contributed by atoms with E-state index in [0.717, 1.165) is 23.4 Å². The first-order valence-electron chi connectivity index (χ1n) is 7.20. The highest BCUT2D eigenvalue weighted by Crippen LogP contribution is 2.26. The van der Waals surface area contributed by atoms with Crippen molar-refractivity contribution in [3.63, 3.8) is 0 Å². The SMILES string of the molecule is CSCCCOc1ccc(Oc2cccc(CO)c2)c(C)n1. The number of hydrogen-bond acceptors (Lipinski definition) is 5. The lowest BCUT2D eigenvalue weighted by Crippen LogP contribution is -2.01. The molecule has 0 saturated carbocycles. The number of aliphatic hydroxyl groups is 1. The lowest BCUT2D eigenvalue weighted by atomic mass is 10.2. The van der Waals surface area contributed by atoms with Crippen molar-refractivity contribution in [2.75, 3.05) is 18.6 Å². The minimum Gasteiger partial charge on any atom is -0.478 e. The van der Waals surface area contributed by atoms with Gasteiger partial charge >= 0.3 is 0 Å². The van der Waals surface area contributed by atoms with Gasteiger partial charge in [0.25, 0.3) is 0 Å². The van der Waals surface area contributed by atoms with Crippen molar-refractivity contribution in [2.24, 2.45) is 0 Å². The quantitative estimate of drug-likeness (QED) is 0.750. The maximum Gasteiger partial charge on any atom is 0.213 e. The maximum absolute atomic E-state index is 9.15. The van der Waals surface area contributed by atoms with Crippen LogP contribution in [0.3, 0.4) is 0 Å². The van der Waals surface area contributed by atoms with E-state index in [2.05, 4.69) is 11.2 Å². The molecule has 1 aromatic carbocycles. The molecule has 0 aliphatic rings. The van der Waals surface area contributed by atoms with E-state index in [1.807, 2.05) is 55.1 Å². The van der Waals surface area contributed by atoms with Gasteiger partial charge in [-0.25, -0.2) is 4.98 Å². The normalized spacial score (nSPS) is 10.5. The van der Waals surface area contributed by atoms with Crippen molar-refractivity contribution in [1.82, 2.24) is 4.98 Å². The van der Waals surface area contributed by atoms with Crippen LogP contribution in [0.4, 0.5) is 0 Å². The molecule has 118 valence electrons. The average molecular weight is 319 g/mol. The van der Waals surface area contributed by atoms with Crippen molar-refractivity contribution in [3.8, 4) is 17.4 Å². The summed E-state index contributed by atoms with van der Waals surface area (Å²) in [4.78, 5) is 4.41. The molecule has 22 heavy (non-hydrogen) atoms. The maximum atomic E-state index is 9.15. The molecule has 0 aliphatic heterocycles. The average Bonchev–Trinajstić information content (AvgIpc) is 2.54. The first-order chi connectivity index (χ1) is 10.7. The zero-order valence-corrected chi connectivity index (χ0v) is 13.7. The zero-order valence-electron chi connectivity index (χ0n) is 12.9. The predicted molar refractivity (Wildman–Crippen MR) is 89.9 cm³/mol. The van der Waals surface area contributed by atoms with E-state index in [1.54, 1.807) is 0 Å². The van der Waals surface area contributed by atoms with Gasteiger partial charge in [-0.05, 0) is 49.1 Å². The van der Waals surface area contributed by atoms with Crippen LogP contribution in [0.25, 0.3) is 0 Å². The monoisotopic (exact) mass is 319 g/mol. The molecule has 0 bridgehead atoms. The molecule has 0 fully saturated rings. The molecule has 2 rings (SSSR count). The molecular formula is C17H21NO3S.